The van der Waals surface area contributed by atoms with E-state index in [1.54, 1.807) is 30.5 Å². The van der Waals surface area contributed by atoms with E-state index in [-0.39, 0.29) is 6.54 Å². The van der Waals surface area contributed by atoms with Crippen molar-refractivity contribution in [2.24, 2.45) is 0 Å². The minimum Gasteiger partial charge on any atom is -0.386 e. The van der Waals surface area contributed by atoms with Gasteiger partial charge in [0.1, 0.15) is 17.8 Å². The predicted octanol–water partition coefficient (Wildman–Crippen LogP) is 2.15. The van der Waals surface area contributed by atoms with Crippen LogP contribution in [0.3, 0.4) is 0 Å². The topological polar surface area (TPSA) is 108 Å². The molecule has 154 valence electrons. The van der Waals surface area contributed by atoms with Crippen molar-refractivity contribution in [2.75, 3.05) is 12.9 Å². The van der Waals surface area contributed by atoms with Crippen LogP contribution in [0, 0.1) is 0 Å². The molecule has 1 heterocycles. The van der Waals surface area contributed by atoms with Crippen molar-refractivity contribution >= 4 is 50.5 Å². The maximum atomic E-state index is 13.2. The molecule has 12 heteroatoms. The first kappa shape index (κ1) is 23.0. The highest BCUT2D eigenvalue weighted by molar-refractivity contribution is 7.88. The highest BCUT2D eigenvalue weighted by Gasteiger charge is 2.25. The molecule has 1 aromatic carbocycles. The summed E-state index contributed by atoms with van der Waals surface area (Å²) in [4.78, 5) is 15.1. The number of benzene rings is 1. The Balaban J connectivity index is 2.08. The summed E-state index contributed by atoms with van der Waals surface area (Å²) in [6.07, 6.45) is 1.39. The van der Waals surface area contributed by atoms with Crippen LogP contribution < -0.4 is 10.0 Å². The zero-order chi connectivity index (χ0) is 20.9. The lowest BCUT2D eigenvalue weighted by molar-refractivity contribution is -0.121. The first-order valence-corrected chi connectivity index (χ1v) is 11.5. The first-order chi connectivity index (χ1) is 13.1. The van der Waals surface area contributed by atoms with Crippen molar-refractivity contribution in [3.8, 4) is 10.4 Å². The van der Waals surface area contributed by atoms with Crippen LogP contribution in [0.15, 0.2) is 30.5 Å². The molecule has 0 aliphatic carbocycles. The Morgan fingerprint density at radius 2 is 1.96 bits per heavy atom. The standard InChI is InChI=1S/C16H18Cl2FN3O4S2/c1-28(25,26)21-8-13-20-7-12(27-13)9-2-4-10(5-3-9)14(23)11(6-19)22-16(24)15(17)18/h2-5,7,11,14-15,21,23H,6,8H2,1H3,(H,22,24)/t11-,14-/m1/s1. The molecule has 7 nitrogen and oxygen atoms in total. The smallest absolute Gasteiger partial charge is 0.253 e. The molecule has 0 radical (unpaired) electrons. The molecule has 0 saturated carbocycles. The normalized spacial score (nSPS) is 14.1. The van der Waals surface area contributed by atoms with Crippen molar-refractivity contribution in [3.05, 3.63) is 41.0 Å². The molecular weight excluding hydrogens is 452 g/mol. The van der Waals surface area contributed by atoms with Gasteiger partial charge in [-0.3, -0.25) is 4.79 Å². The van der Waals surface area contributed by atoms with Gasteiger partial charge < -0.3 is 10.4 Å². The number of rotatable bonds is 9. The molecule has 0 unspecified atom stereocenters. The Hall–Kier alpha value is -1.30. The summed E-state index contributed by atoms with van der Waals surface area (Å²) >= 11 is 12.2. The van der Waals surface area contributed by atoms with Gasteiger partial charge in [0.2, 0.25) is 10.0 Å². The lowest BCUT2D eigenvalue weighted by Gasteiger charge is -2.22. The maximum Gasteiger partial charge on any atom is 0.253 e. The van der Waals surface area contributed by atoms with Crippen molar-refractivity contribution in [1.29, 1.82) is 0 Å². The van der Waals surface area contributed by atoms with Gasteiger partial charge in [0.25, 0.3) is 5.91 Å². The highest BCUT2D eigenvalue weighted by atomic mass is 35.5. The molecule has 2 rings (SSSR count). The van der Waals surface area contributed by atoms with E-state index in [1.165, 1.54) is 11.3 Å². The Bertz CT molecular complexity index is 907. The van der Waals surface area contributed by atoms with Crippen LogP contribution >= 0.6 is 34.5 Å². The second kappa shape index (κ2) is 9.95. The van der Waals surface area contributed by atoms with Gasteiger partial charge in [-0.25, -0.2) is 22.5 Å². The van der Waals surface area contributed by atoms with Crippen LogP contribution in [0.4, 0.5) is 4.39 Å². The lowest BCUT2D eigenvalue weighted by Crippen LogP contribution is -2.43. The molecule has 0 saturated heterocycles. The van der Waals surface area contributed by atoms with Crippen LogP contribution in [0.5, 0.6) is 0 Å². The fourth-order valence-electron chi connectivity index (χ4n) is 2.24. The summed E-state index contributed by atoms with van der Waals surface area (Å²) in [7, 11) is -3.31. The third-order valence-electron chi connectivity index (χ3n) is 3.65. The minimum absolute atomic E-state index is 0.0975. The van der Waals surface area contributed by atoms with E-state index in [1.807, 2.05) is 0 Å². The van der Waals surface area contributed by atoms with E-state index in [9.17, 15) is 22.7 Å². The van der Waals surface area contributed by atoms with Crippen LogP contribution in [-0.2, 0) is 21.4 Å². The number of hydrogen-bond acceptors (Lipinski definition) is 6. The third kappa shape index (κ3) is 6.64. The van der Waals surface area contributed by atoms with Crippen molar-refractivity contribution in [3.63, 3.8) is 0 Å². The van der Waals surface area contributed by atoms with Crippen molar-refractivity contribution in [2.45, 2.75) is 23.5 Å². The summed E-state index contributed by atoms with van der Waals surface area (Å²) in [5, 5.41) is 13.2. The van der Waals surface area contributed by atoms with Gasteiger partial charge in [0.05, 0.1) is 23.7 Å². The zero-order valence-electron chi connectivity index (χ0n) is 14.6. The summed E-state index contributed by atoms with van der Waals surface area (Å²) in [6.45, 7) is -0.902. The number of thiazole rings is 1. The number of carbonyl (C=O) groups excluding carboxylic acids is 1. The first-order valence-electron chi connectivity index (χ1n) is 7.93. The average Bonchev–Trinajstić information content (AvgIpc) is 3.12. The van der Waals surface area contributed by atoms with Crippen molar-refractivity contribution < 1.29 is 22.7 Å². The Morgan fingerprint density at radius 1 is 1.32 bits per heavy atom. The molecular formula is C16H18Cl2FN3O4S2. The summed E-state index contributed by atoms with van der Waals surface area (Å²) < 4.78 is 37.9. The van der Waals surface area contributed by atoms with Gasteiger partial charge in [0, 0.05) is 6.20 Å². The van der Waals surface area contributed by atoms with Crippen molar-refractivity contribution in [1.82, 2.24) is 15.0 Å². The summed E-state index contributed by atoms with van der Waals surface area (Å²) in [6, 6.07) is 5.44. The fourth-order valence-corrected chi connectivity index (χ4v) is 3.72. The van der Waals surface area contributed by atoms with Gasteiger partial charge >= 0.3 is 0 Å². The zero-order valence-corrected chi connectivity index (χ0v) is 17.7. The number of halogens is 3. The van der Waals surface area contributed by atoms with Gasteiger partial charge in [-0.05, 0) is 11.1 Å². The number of carbonyl (C=O) groups is 1. The number of hydrogen-bond donors (Lipinski definition) is 3. The molecule has 0 spiro atoms. The number of aromatic nitrogens is 1. The van der Waals surface area contributed by atoms with E-state index in [2.05, 4.69) is 15.0 Å². The Kier molecular flexibility index (Phi) is 8.17. The van der Waals surface area contributed by atoms with Crippen LogP contribution in [-0.4, -0.2) is 48.2 Å². The number of amides is 1. The lowest BCUT2D eigenvalue weighted by atomic mass is 10.0. The molecule has 0 bridgehead atoms. The molecule has 3 N–H and O–H groups in total. The van der Waals surface area contributed by atoms with Crippen LogP contribution in [0.2, 0.25) is 0 Å². The SMILES string of the molecule is CS(=O)(=O)NCc1ncc(-c2ccc([C@@H](O)[C@@H](CF)NC(=O)C(Cl)Cl)cc2)s1. The number of aliphatic hydroxyl groups is 1. The maximum absolute atomic E-state index is 13.2. The highest BCUT2D eigenvalue weighted by Crippen LogP contribution is 2.28. The van der Waals surface area contributed by atoms with Gasteiger partial charge in [-0.1, -0.05) is 47.5 Å². The fraction of sp³-hybridized carbons (Fsp3) is 0.375. The summed E-state index contributed by atoms with van der Waals surface area (Å²) in [5.41, 5.74) is 1.19. The number of alkyl halides is 3. The van der Waals surface area contributed by atoms with Crippen LogP contribution in [0.25, 0.3) is 10.4 Å². The largest absolute Gasteiger partial charge is 0.386 e. The van der Waals surface area contributed by atoms with Gasteiger partial charge in [-0.2, -0.15) is 0 Å². The van der Waals surface area contributed by atoms with Crippen LogP contribution in [0.1, 0.15) is 16.7 Å². The molecule has 2 aromatic rings. The number of aliphatic hydroxyl groups excluding tert-OH is 1. The van der Waals surface area contributed by atoms with E-state index >= 15 is 0 Å². The van der Waals surface area contributed by atoms with Gasteiger partial charge in [-0.15, -0.1) is 11.3 Å². The predicted molar refractivity (Wildman–Crippen MR) is 108 cm³/mol. The number of nitrogens with one attached hydrogen (secondary N) is 2. The monoisotopic (exact) mass is 469 g/mol. The second-order valence-corrected chi connectivity index (χ2v) is 9.89. The minimum atomic E-state index is -3.31. The van der Waals surface area contributed by atoms with E-state index < -0.39 is 39.6 Å². The number of nitrogens with zero attached hydrogens (tertiary/aromatic N) is 1. The van der Waals surface area contributed by atoms with E-state index in [4.69, 9.17) is 23.2 Å². The quantitative estimate of drug-likeness (QED) is 0.487. The third-order valence-corrected chi connectivity index (χ3v) is 5.76. The molecule has 0 aliphatic heterocycles. The molecule has 28 heavy (non-hydrogen) atoms. The molecule has 1 aromatic heterocycles. The molecule has 0 fully saturated rings. The average molecular weight is 470 g/mol. The van der Waals surface area contributed by atoms with Gasteiger partial charge in [0.15, 0.2) is 4.84 Å². The number of sulfonamides is 1. The molecule has 1 amide bonds. The molecule has 2 atom stereocenters. The van der Waals surface area contributed by atoms with E-state index in [0.29, 0.717) is 10.6 Å². The second-order valence-electron chi connectivity index (χ2n) is 5.85. The molecule has 0 aliphatic rings. The Labute approximate surface area is 175 Å². The Morgan fingerprint density at radius 3 is 2.50 bits per heavy atom. The van der Waals surface area contributed by atoms with E-state index in [0.717, 1.165) is 16.7 Å². The summed E-state index contributed by atoms with van der Waals surface area (Å²) in [5.74, 6) is -0.790.